The van der Waals surface area contributed by atoms with Crippen LogP contribution in [0.15, 0.2) is 243 Å². The van der Waals surface area contributed by atoms with E-state index in [9.17, 15) is 0 Å². The van der Waals surface area contributed by atoms with Crippen molar-refractivity contribution in [3.63, 3.8) is 0 Å². The van der Waals surface area contributed by atoms with Gasteiger partial charge in [0, 0.05) is 66.4 Å². The first-order chi connectivity index (χ1) is 39.7. The smallest absolute Gasteiger partial charge is 0.0543 e. The first-order valence-corrected chi connectivity index (χ1v) is 29.4. The number of hydrogen-bond acceptors (Lipinski definition) is 2. The van der Waals surface area contributed by atoms with Gasteiger partial charge in [-0.15, -0.1) is 0 Å². The summed E-state index contributed by atoms with van der Waals surface area (Å²) in [5, 5.41) is 13.2. The second-order valence-electron chi connectivity index (χ2n) is 22.8. The highest BCUT2D eigenvalue weighted by atomic mass is 15.2. The maximum absolute atomic E-state index is 2.63. The summed E-state index contributed by atoms with van der Waals surface area (Å²) in [7, 11) is 0. The Kier molecular flexibility index (Phi) is 11.4. The van der Waals surface area contributed by atoms with Gasteiger partial charge < -0.3 is 18.9 Å². The van der Waals surface area contributed by atoms with Crippen LogP contribution in [0.5, 0.6) is 0 Å². The first-order valence-electron chi connectivity index (χ1n) is 29.4. The topological polar surface area (TPSA) is 16.3 Å². The van der Waals surface area contributed by atoms with Gasteiger partial charge in [-0.25, -0.2) is 0 Å². The molecule has 2 heterocycles. The lowest BCUT2D eigenvalue weighted by molar-refractivity contribution is 0.445. The van der Waals surface area contributed by atoms with Crippen molar-refractivity contribution in [3.05, 3.63) is 254 Å². The van der Waals surface area contributed by atoms with E-state index < -0.39 is 0 Å². The van der Waals surface area contributed by atoms with Gasteiger partial charge in [-0.05, 0) is 179 Å². The minimum absolute atomic E-state index is 0.471. The van der Waals surface area contributed by atoms with Gasteiger partial charge in [0.2, 0.25) is 0 Å². The van der Waals surface area contributed by atoms with Crippen molar-refractivity contribution < 1.29 is 0 Å². The third-order valence-electron chi connectivity index (χ3n) is 18.4. The summed E-state index contributed by atoms with van der Waals surface area (Å²) in [6.07, 6.45) is 12.5. The van der Waals surface area contributed by atoms with Gasteiger partial charge in [-0.1, -0.05) is 172 Å². The van der Waals surface area contributed by atoms with Gasteiger partial charge in [0.15, 0.2) is 0 Å². The van der Waals surface area contributed by atoms with E-state index in [-0.39, 0.29) is 0 Å². The van der Waals surface area contributed by atoms with E-state index in [2.05, 4.69) is 262 Å². The van der Waals surface area contributed by atoms with Gasteiger partial charge in [-0.3, -0.25) is 0 Å². The van der Waals surface area contributed by atoms with E-state index >= 15 is 0 Å². The first kappa shape index (κ1) is 46.9. The largest absolute Gasteiger partial charge is 0.310 e. The zero-order valence-corrected chi connectivity index (χ0v) is 45.1. The van der Waals surface area contributed by atoms with Crippen LogP contribution in [-0.2, 0) is 0 Å². The monoisotopic (exact) mass is 1030 g/mol. The van der Waals surface area contributed by atoms with Gasteiger partial charge in [0.1, 0.15) is 0 Å². The quantitative estimate of drug-likeness (QED) is 0.127. The van der Waals surface area contributed by atoms with E-state index in [0.717, 1.165) is 22.7 Å². The Hall–Kier alpha value is -9.12. The van der Waals surface area contributed by atoms with Crippen LogP contribution in [0.1, 0.15) is 87.2 Å². The fourth-order valence-electron chi connectivity index (χ4n) is 14.8. The van der Waals surface area contributed by atoms with E-state index in [4.69, 9.17) is 0 Å². The Morgan fingerprint density at radius 3 is 1.02 bits per heavy atom. The van der Waals surface area contributed by atoms with Gasteiger partial charge in [0.05, 0.1) is 33.4 Å². The number of aromatic nitrogens is 2. The molecular weight excluding hydrogens is 969 g/mol. The third-order valence-corrected chi connectivity index (χ3v) is 18.4. The molecule has 12 aromatic carbocycles. The highest BCUT2D eigenvalue weighted by Gasteiger charge is 2.30. The molecule has 16 rings (SSSR count). The average Bonchev–Trinajstić information content (AvgIpc) is 3.61. The number of rotatable bonds is 10. The van der Waals surface area contributed by atoms with Gasteiger partial charge in [-0.2, -0.15) is 0 Å². The number of nitrogens with zero attached hydrogens (tertiary/aromatic N) is 4. The van der Waals surface area contributed by atoms with Gasteiger partial charge in [0.25, 0.3) is 0 Å². The molecule has 2 aliphatic carbocycles. The maximum Gasteiger partial charge on any atom is 0.0543 e. The summed E-state index contributed by atoms with van der Waals surface area (Å²) in [5.41, 5.74) is 17.3. The van der Waals surface area contributed by atoms with Crippen LogP contribution in [0, 0.1) is 0 Å². The van der Waals surface area contributed by atoms with Crippen molar-refractivity contribution in [1.29, 1.82) is 0 Å². The van der Waals surface area contributed by atoms with E-state index in [0.29, 0.717) is 11.8 Å². The van der Waals surface area contributed by atoms with E-state index in [1.807, 2.05) is 0 Å². The molecule has 0 aliphatic heterocycles. The van der Waals surface area contributed by atoms with Gasteiger partial charge >= 0.3 is 0 Å². The Morgan fingerprint density at radius 1 is 0.263 bits per heavy atom. The lowest BCUT2D eigenvalue weighted by atomic mass is 9.77. The molecule has 386 valence electrons. The molecule has 2 aromatic heterocycles. The summed E-state index contributed by atoms with van der Waals surface area (Å²) in [4.78, 5) is 5.18. The molecule has 0 radical (unpaired) electrons. The minimum atomic E-state index is 0.471. The van der Waals surface area contributed by atoms with E-state index in [1.165, 1.54) is 174 Å². The summed E-state index contributed by atoms with van der Waals surface area (Å²) in [6.45, 7) is 0. The molecule has 0 spiro atoms. The van der Waals surface area contributed by atoms with Crippen LogP contribution in [0.25, 0.3) is 87.3 Å². The number of anilines is 6. The van der Waals surface area contributed by atoms with Crippen molar-refractivity contribution >= 4 is 110 Å². The number of benzene rings is 12. The van der Waals surface area contributed by atoms with Crippen molar-refractivity contribution in [2.75, 3.05) is 9.80 Å². The molecule has 0 bridgehead atoms. The van der Waals surface area contributed by atoms with Crippen LogP contribution < -0.4 is 9.80 Å². The molecular formula is C76H62N4. The fourth-order valence-corrected chi connectivity index (χ4v) is 14.8. The molecule has 4 heteroatoms. The van der Waals surface area contributed by atoms with Crippen LogP contribution in [0.2, 0.25) is 0 Å². The Labute approximate surface area is 467 Å². The van der Waals surface area contributed by atoms with Crippen LogP contribution >= 0.6 is 0 Å². The number of fused-ring (bicyclic) bond motifs is 6. The SMILES string of the molecule is c1ccc(N(c2ccc3c(c2)c2ccccc2n3-c2ccccc2)c2cc(C3CCCCC3)c3ccc4c(N(c5ccccc5)c5ccc6c(c5)c5ccccc5n6-c5ccccc5)cc(C5CCCCC5)c5ccc2c3c54)cc1. The van der Waals surface area contributed by atoms with E-state index in [1.54, 1.807) is 0 Å². The molecule has 4 nitrogen and oxygen atoms in total. The van der Waals surface area contributed by atoms with Crippen molar-refractivity contribution in [3.8, 4) is 11.4 Å². The second-order valence-corrected chi connectivity index (χ2v) is 22.8. The second kappa shape index (κ2) is 19.4. The Bertz CT molecular complexity index is 4300. The summed E-state index contributed by atoms with van der Waals surface area (Å²) in [5.74, 6) is 0.942. The number of hydrogen-bond donors (Lipinski definition) is 0. The summed E-state index contributed by atoms with van der Waals surface area (Å²) in [6, 6.07) is 91.6. The molecule has 0 amide bonds. The molecule has 0 atom stereocenters. The zero-order valence-electron chi connectivity index (χ0n) is 45.1. The Balaban J connectivity index is 0.984. The molecule has 2 saturated carbocycles. The molecule has 0 N–H and O–H groups in total. The lowest BCUT2D eigenvalue weighted by Crippen LogP contribution is -2.14. The van der Waals surface area contributed by atoms with Crippen molar-refractivity contribution in [1.82, 2.24) is 9.13 Å². The summed E-state index contributed by atoms with van der Waals surface area (Å²) < 4.78 is 4.86. The highest BCUT2D eigenvalue weighted by molar-refractivity contribution is 6.30. The lowest BCUT2D eigenvalue weighted by Gasteiger charge is -2.33. The molecule has 0 saturated heterocycles. The van der Waals surface area contributed by atoms with Crippen molar-refractivity contribution in [2.45, 2.75) is 76.0 Å². The third kappa shape index (κ3) is 7.56. The van der Waals surface area contributed by atoms with Crippen LogP contribution in [-0.4, -0.2) is 9.13 Å². The maximum atomic E-state index is 2.63. The molecule has 0 unspecified atom stereocenters. The van der Waals surface area contributed by atoms with Crippen LogP contribution in [0.4, 0.5) is 34.1 Å². The highest BCUT2D eigenvalue weighted by Crippen LogP contribution is 2.54. The number of para-hydroxylation sites is 6. The average molecular weight is 1030 g/mol. The summed E-state index contributed by atoms with van der Waals surface area (Å²) >= 11 is 0. The predicted octanol–water partition coefficient (Wildman–Crippen LogP) is 21.8. The minimum Gasteiger partial charge on any atom is -0.310 e. The predicted molar refractivity (Wildman–Crippen MR) is 340 cm³/mol. The molecule has 80 heavy (non-hydrogen) atoms. The Morgan fingerprint density at radius 2 is 0.613 bits per heavy atom. The standard InChI is InChI=1S/C76H62N4/c1-7-23-51(24-8-1)65-49-73(77(53-27-11-3-12-28-53)57-39-45-71-67(47-57)59-35-19-21-37-69(59)79(71)55-31-15-5-16-32-55)63-44-42-62-66(52-25-9-2-10-26-52)50-74(64-43-41-61(65)75(63)76(62)64)78(54-29-13-4-14-30-54)58-40-46-72-68(48-58)60-36-20-22-38-70(60)80(72)56-33-17-6-18-34-56/h3-6,11-22,27-52H,1-2,7-10,23-26H2. The normalized spacial score (nSPS) is 14.7. The van der Waals surface area contributed by atoms with Crippen molar-refractivity contribution in [2.24, 2.45) is 0 Å². The zero-order chi connectivity index (χ0) is 52.7. The molecule has 14 aromatic rings. The fraction of sp³-hybridized carbons (Fsp3) is 0.158. The molecule has 2 aliphatic rings. The van der Waals surface area contributed by atoms with Crippen LogP contribution in [0.3, 0.4) is 0 Å². The molecule has 2 fully saturated rings.